The molecule has 1 fully saturated rings. The molecule has 0 radical (unpaired) electrons. The third-order valence-corrected chi connectivity index (χ3v) is 5.80. The fraction of sp³-hybridized carbons (Fsp3) is 0.320. The highest BCUT2D eigenvalue weighted by molar-refractivity contribution is 6.40. The van der Waals surface area contributed by atoms with E-state index in [0.29, 0.717) is 17.9 Å². The van der Waals surface area contributed by atoms with E-state index in [-0.39, 0.29) is 5.82 Å². The number of nitrogens with one attached hydrogen (secondary N) is 2. The number of hydrogen-bond acceptors (Lipinski definition) is 5. The van der Waals surface area contributed by atoms with E-state index >= 15 is 0 Å². The van der Waals surface area contributed by atoms with Gasteiger partial charge < -0.3 is 15.5 Å². The number of anilines is 2. The molecule has 1 aliphatic heterocycles. The number of fused-ring (bicyclic) bond motifs is 1. The van der Waals surface area contributed by atoms with E-state index in [9.17, 15) is 14.0 Å². The average Bonchev–Trinajstić information content (AvgIpc) is 2.82. The Morgan fingerprint density at radius 2 is 1.73 bits per heavy atom. The summed E-state index contributed by atoms with van der Waals surface area (Å²) in [5.41, 5.74) is 2.75. The Balaban J connectivity index is 1.20. The molecule has 33 heavy (non-hydrogen) atoms. The summed E-state index contributed by atoms with van der Waals surface area (Å²) in [6.45, 7) is 6.24. The second kappa shape index (κ2) is 10.4. The van der Waals surface area contributed by atoms with Crippen LogP contribution in [-0.4, -0.2) is 61.0 Å². The summed E-state index contributed by atoms with van der Waals surface area (Å²) < 4.78 is 14.0. The van der Waals surface area contributed by atoms with Gasteiger partial charge in [-0.25, -0.2) is 4.39 Å². The lowest BCUT2D eigenvalue weighted by atomic mass is 10.1. The van der Waals surface area contributed by atoms with E-state index in [1.54, 1.807) is 12.1 Å². The van der Waals surface area contributed by atoms with Gasteiger partial charge in [0.2, 0.25) is 0 Å². The fourth-order valence-corrected chi connectivity index (χ4v) is 4.10. The van der Waals surface area contributed by atoms with Gasteiger partial charge in [0, 0.05) is 43.8 Å². The zero-order chi connectivity index (χ0) is 23.2. The third-order valence-electron chi connectivity index (χ3n) is 5.80. The van der Waals surface area contributed by atoms with Gasteiger partial charge in [-0.15, -0.1) is 0 Å². The number of rotatable bonds is 6. The predicted octanol–water partition coefficient (Wildman–Crippen LogP) is 2.95. The van der Waals surface area contributed by atoms with Gasteiger partial charge >= 0.3 is 11.8 Å². The van der Waals surface area contributed by atoms with Crippen molar-refractivity contribution >= 4 is 34.1 Å². The van der Waals surface area contributed by atoms with Crippen LogP contribution in [0.15, 0.2) is 54.6 Å². The van der Waals surface area contributed by atoms with Crippen molar-refractivity contribution in [1.29, 1.82) is 0 Å². The number of piperazine rings is 1. The largest absolute Gasteiger partial charge is 0.367 e. The summed E-state index contributed by atoms with van der Waals surface area (Å²) in [7, 11) is 0. The van der Waals surface area contributed by atoms with E-state index in [1.807, 2.05) is 43.3 Å². The van der Waals surface area contributed by atoms with E-state index in [0.717, 1.165) is 55.7 Å². The topological polar surface area (TPSA) is 77.6 Å². The molecule has 1 aromatic heterocycles. The highest BCUT2D eigenvalue weighted by atomic mass is 19.1. The first-order valence-corrected chi connectivity index (χ1v) is 11.2. The molecule has 2 heterocycles. The average molecular weight is 450 g/mol. The van der Waals surface area contributed by atoms with Gasteiger partial charge in [0.05, 0.1) is 16.9 Å². The maximum absolute atomic E-state index is 14.0. The molecule has 2 amide bonds. The molecule has 0 aliphatic carbocycles. The van der Waals surface area contributed by atoms with Crippen molar-refractivity contribution in [2.24, 2.45) is 0 Å². The van der Waals surface area contributed by atoms with Crippen molar-refractivity contribution in [3.8, 4) is 0 Å². The Morgan fingerprint density at radius 3 is 2.52 bits per heavy atom. The van der Waals surface area contributed by atoms with Gasteiger partial charge in [-0.2, -0.15) is 0 Å². The normalized spacial score (nSPS) is 14.3. The van der Waals surface area contributed by atoms with Crippen molar-refractivity contribution in [2.45, 2.75) is 13.3 Å². The minimum absolute atomic E-state index is 0.193. The van der Waals surface area contributed by atoms with Crippen molar-refractivity contribution in [2.75, 3.05) is 49.5 Å². The molecule has 0 unspecified atom stereocenters. The van der Waals surface area contributed by atoms with Crippen LogP contribution < -0.4 is 15.5 Å². The molecule has 1 aliphatic rings. The van der Waals surface area contributed by atoms with Crippen LogP contribution in [0.4, 0.5) is 15.8 Å². The number of amides is 2. The highest BCUT2D eigenvalue weighted by Gasteiger charge is 2.19. The van der Waals surface area contributed by atoms with Crippen molar-refractivity contribution in [3.05, 3.63) is 66.1 Å². The quantitative estimate of drug-likeness (QED) is 0.447. The number of hydrogen-bond donors (Lipinski definition) is 2. The number of nitrogens with zero attached hydrogens (tertiary/aromatic N) is 3. The second-order valence-corrected chi connectivity index (χ2v) is 8.17. The zero-order valence-electron chi connectivity index (χ0n) is 18.7. The molecule has 3 aromatic rings. The first-order valence-electron chi connectivity index (χ1n) is 11.2. The molecule has 2 aromatic carbocycles. The monoisotopic (exact) mass is 449 g/mol. The number of carbonyl (C=O) groups excluding carboxylic acids is 2. The molecule has 0 saturated carbocycles. The highest BCUT2D eigenvalue weighted by Crippen LogP contribution is 2.23. The summed E-state index contributed by atoms with van der Waals surface area (Å²) >= 11 is 0. The number of halogens is 1. The van der Waals surface area contributed by atoms with Crippen LogP contribution in [0.5, 0.6) is 0 Å². The standard InChI is InChI=1S/C25H28FN5O2/c1-18-17-22(19-7-2-4-9-21(19)28-18)29-25(33)24(32)27-11-6-12-30-13-15-31(16-14-30)23-10-5-3-8-20(23)26/h2-5,7-10,17H,6,11-16H2,1H3,(H,27,32)(H,28,29,33). The predicted molar refractivity (Wildman–Crippen MR) is 128 cm³/mol. The van der Waals surface area contributed by atoms with Crippen LogP contribution in [0.25, 0.3) is 10.9 Å². The third kappa shape index (κ3) is 5.64. The van der Waals surface area contributed by atoms with E-state index < -0.39 is 11.8 Å². The Bertz CT molecular complexity index is 1140. The van der Waals surface area contributed by atoms with E-state index in [2.05, 4.69) is 25.4 Å². The Hall–Kier alpha value is -3.52. The fourth-order valence-electron chi connectivity index (χ4n) is 4.10. The summed E-state index contributed by atoms with van der Waals surface area (Å²) in [4.78, 5) is 33.4. The molecule has 1 saturated heterocycles. The second-order valence-electron chi connectivity index (χ2n) is 8.17. The molecule has 2 N–H and O–H groups in total. The maximum atomic E-state index is 14.0. The van der Waals surface area contributed by atoms with Crippen LogP contribution in [0.1, 0.15) is 12.1 Å². The number of benzene rings is 2. The van der Waals surface area contributed by atoms with Crippen LogP contribution in [0, 0.1) is 12.7 Å². The summed E-state index contributed by atoms with van der Waals surface area (Å²) in [6.07, 6.45) is 0.732. The summed E-state index contributed by atoms with van der Waals surface area (Å²) in [5, 5.41) is 6.19. The molecule has 0 bridgehead atoms. The van der Waals surface area contributed by atoms with Crippen LogP contribution in [-0.2, 0) is 9.59 Å². The molecule has 0 spiro atoms. The van der Waals surface area contributed by atoms with Crippen molar-refractivity contribution in [1.82, 2.24) is 15.2 Å². The number of pyridine rings is 1. The maximum Gasteiger partial charge on any atom is 0.313 e. The number of aromatic nitrogens is 1. The first kappa shape index (κ1) is 22.7. The Morgan fingerprint density at radius 1 is 1.00 bits per heavy atom. The van der Waals surface area contributed by atoms with Crippen molar-refractivity contribution < 1.29 is 14.0 Å². The summed E-state index contributed by atoms with van der Waals surface area (Å²) in [5.74, 6) is -1.54. The lowest BCUT2D eigenvalue weighted by molar-refractivity contribution is -0.136. The minimum Gasteiger partial charge on any atom is -0.367 e. The zero-order valence-corrected chi connectivity index (χ0v) is 18.7. The van der Waals surface area contributed by atoms with Crippen LogP contribution in [0.2, 0.25) is 0 Å². The molecule has 0 atom stereocenters. The molecule has 172 valence electrons. The number of para-hydroxylation sites is 2. The van der Waals surface area contributed by atoms with Gasteiger partial charge in [0.1, 0.15) is 5.82 Å². The van der Waals surface area contributed by atoms with E-state index in [1.165, 1.54) is 6.07 Å². The van der Waals surface area contributed by atoms with Gasteiger partial charge in [0.25, 0.3) is 0 Å². The van der Waals surface area contributed by atoms with E-state index in [4.69, 9.17) is 0 Å². The molecular formula is C25H28FN5O2. The molecular weight excluding hydrogens is 421 g/mol. The van der Waals surface area contributed by atoms with Gasteiger partial charge in [0.15, 0.2) is 0 Å². The summed E-state index contributed by atoms with van der Waals surface area (Å²) in [6, 6.07) is 16.1. The number of aryl methyl sites for hydroxylation is 1. The van der Waals surface area contributed by atoms with Crippen LogP contribution >= 0.6 is 0 Å². The Kier molecular flexibility index (Phi) is 7.14. The lowest BCUT2D eigenvalue weighted by Crippen LogP contribution is -2.47. The smallest absolute Gasteiger partial charge is 0.313 e. The Labute approximate surface area is 192 Å². The number of carbonyl (C=O) groups is 2. The lowest BCUT2D eigenvalue weighted by Gasteiger charge is -2.36. The van der Waals surface area contributed by atoms with Crippen LogP contribution in [0.3, 0.4) is 0 Å². The molecule has 4 rings (SSSR count). The van der Waals surface area contributed by atoms with Crippen molar-refractivity contribution in [3.63, 3.8) is 0 Å². The van der Waals surface area contributed by atoms with Gasteiger partial charge in [-0.05, 0) is 44.2 Å². The van der Waals surface area contributed by atoms with Gasteiger partial charge in [-0.1, -0.05) is 30.3 Å². The van der Waals surface area contributed by atoms with Gasteiger partial charge in [-0.3, -0.25) is 19.5 Å². The SMILES string of the molecule is Cc1cc(NC(=O)C(=O)NCCCN2CCN(c3ccccc3F)CC2)c2ccccc2n1. The molecule has 7 nitrogen and oxygen atoms in total. The minimum atomic E-state index is -0.691. The first-order chi connectivity index (χ1) is 16.0. The molecule has 8 heteroatoms.